The number of carbonyl (C=O) groups is 1. The second-order valence-electron chi connectivity index (χ2n) is 5.58. The van der Waals surface area contributed by atoms with Crippen LogP contribution in [0.3, 0.4) is 0 Å². The van der Waals surface area contributed by atoms with Gasteiger partial charge in [0.25, 0.3) is 5.91 Å². The van der Waals surface area contributed by atoms with Crippen LogP contribution in [0.1, 0.15) is 40.0 Å². The normalized spacial score (nSPS) is 18.2. The molecule has 1 aromatic heterocycles. The quantitative estimate of drug-likeness (QED) is 0.786. The van der Waals surface area contributed by atoms with Crippen LogP contribution in [0.15, 0.2) is 22.7 Å². The summed E-state index contributed by atoms with van der Waals surface area (Å²) in [6.07, 6.45) is -4.33. The smallest absolute Gasteiger partial charge is 0.339 e. The van der Waals surface area contributed by atoms with Gasteiger partial charge in [-0.2, -0.15) is 18.2 Å². The number of rotatable bonds is 2. The highest BCUT2D eigenvalue weighted by Crippen LogP contribution is 2.33. The minimum Gasteiger partial charge on any atom is -0.339 e. The van der Waals surface area contributed by atoms with E-state index < -0.39 is 29.0 Å². The highest BCUT2D eigenvalue weighted by Gasteiger charge is 2.37. The maximum Gasteiger partial charge on any atom is 0.419 e. The molecular formula is C15H13F4N3O2. The Morgan fingerprint density at radius 1 is 1.38 bits per heavy atom. The molecule has 0 unspecified atom stereocenters. The Morgan fingerprint density at radius 2 is 2.12 bits per heavy atom. The third kappa shape index (κ3) is 2.98. The van der Waals surface area contributed by atoms with Gasteiger partial charge in [0.05, 0.1) is 17.0 Å². The van der Waals surface area contributed by atoms with Gasteiger partial charge in [0.1, 0.15) is 5.82 Å². The number of nitrogens with zero attached hydrogens (tertiary/aromatic N) is 3. The van der Waals surface area contributed by atoms with E-state index in [4.69, 9.17) is 4.52 Å². The standard InChI is InChI=1S/C15H13F4N3O2/c1-8-20-13(24-21-8)9-5-6-22(7-9)14(23)10-3-2-4-11(12(10)16)15(17,18)19/h2-4,9H,5-7H2,1H3/t9-/m1/s1. The molecule has 1 atom stereocenters. The topological polar surface area (TPSA) is 59.2 Å². The summed E-state index contributed by atoms with van der Waals surface area (Å²) in [4.78, 5) is 17.8. The van der Waals surface area contributed by atoms with E-state index in [9.17, 15) is 22.4 Å². The number of amides is 1. The summed E-state index contributed by atoms with van der Waals surface area (Å²) in [5, 5.41) is 3.67. The monoisotopic (exact) mass is 343 g/mol. The van der Waals surface area contributed by atoms with Gasteiger partial charge in [-0.25, -0.2) is 4.39 Å². The molecule has 3 rings (SSSR count). The van der Waals surface area contributed by atoms with Gasteiger partial charge in [-0.1, -0.05) is 11.2 Å². The Bertz CT molecular complexity index is 772. The maximum atomic E-state index is 14.1. The third-order valence-corrected chi connectivity index (χ3v) is 3.90. The number of hydrogen-bond donors (Lipinski definition) is 0. The fourth-order valence-corrected chi connectivity index (χ4v) is 2.71. The number of aryl methyl sites for hydroxylation is 1. The van der Waals surface area contributed by atoms with E-state index in [0.717, 1.165) is 12.1 Å². The van der Waals surface area contributed by atoms with Crippen molar-refractivity contribution in [1.82, 2.24) is 15.0 Å². The lowest BCUT2D eigenvalue weighted by Gasteiger charge is -2.17. The molecule has 9 heteroatoms. The molecule has 0 bridgehead atoms. The van der Waals surface area contributed by atoms with Crippen molar-refractivity contribution >= 4 is 5.91 Å². The number of benzene rings is 1. The zero-order valence-electron chi connectivity index (χ0n) is 12.6. The van der Waals surface area contributed by atoms with Crippen LogP contribution in [0.5, 0.6) is 0 Å². The lowest BCUT2D eigenvalue weighted by molar-refractivity contribution is -0.140. The average Bonchev–Trinajstić information content (AvgIpc) is 3.14. The van der Waals surface area contributed by atoms with Gasteiger partial charge >= 0.3 is 6.18 Å². The fourth-order valence-electron chi connectivity index (χ4n) is 2.71. The molecule has 1 amide bonds. The predicted molar refractivity (Wildman–Crippen MR) is 73.7 cm³/mol. The van der Waals surface area contributed by atoms with Crippen molar-refractivity contribution in [2.75, 3.05) is 13.1 Å². The summed E-state index contributed by atoms with van der Waals surface area (Å²) in [6.45, 7) is 2.12. The first-order chi connectivity index (χ1) is 11.3. The Balaban J connectivity index is 1.81. The van der Waals surface area contributed by atoms with Crippen molar-refractivity contribution in [1.29, 1.82) is 0 Å². The second-order valence-corrected chi connectivity index (χ2v) is 5.58. The molecule has 2 heterocycles. The number of likely N-dealkylation sites (tertiary alicyclic amines) is 1. The lowest BCUT2D eigenvalue weighted by Crippen LogP contribution is -2.30. The van der Waals surface area contributed by atoms with E-state index in [1.54, 1.807) is 6.92 Å². The molecule has 24 heavy (non-hydrogen) atoms. The highest BCUT2D eigenvalue weighted by molar-refractivity contribution is 5.95. The molecule has 1 fully saturated rings. The number of aromatic nitrogens is 2. The third-order valence-electron chi connectivity index (χ3n) is 3.90. The summed E-state index contributed by atoms with van der Waals surface area (Å²) < 4.78 is 57.4. The molecule has 2 aromatic rings. The summed E-state index contributed by atoms with van der Waals surface area (Å²) in [7, 11) is 0. The summed E-state index contributed by atoms with van der Waals surface area (Å²) in [6, 6.07) is 2.69. The van der Waals surface area contributed by atoms with E-state index in [-0.39, 0.29) is 19.0 Å². The maximum absolute atomic E-state index is 14.1. The van der Waals surface area contributed by atoms with Crippen LogP contribution in [0.2, 0.25) is 0 Å². The van der Waals surface area contributed by atoms with Crippen LogP contribution in [0.25, 0.3) is 0 Å². The molecule has 128 valence electrons. The predicted octanol–water partition coefficient (Wildman–Crippen LogP) is 3.17. The van der Waals surface area contributed by atoms with Crippen LogP contribution < -0.4 is 0 Å². The largest absolute Gasteiger partial charge is 0.419 e. The Hall–Kier alpha value is -2.45. The van der Waals surface area contributed by atoms with Crippen molar-refractivity contribution in [3.63, 3.8) is 0 Å². The van der Waals surface area contributed by atoms with E-state index in [1.807, 2.05) is 0 Å². The van der Waals surface area contributed by atoms with Crippen LogP contribution in [0, 0.1) is 12.7 Å². The molecule has 5 nitrogen and oxygen atoms in total. The van der Waals surface area contributed by atoms with Crippen molar-refractivity contribution < 1.29 is 26.9 Å². The first-order valence-corrected chi connectivity index (χ1v) is 7.22. The molecule has 0 N–H and O–H groups in total. The van der Waals surface area contributed by atoms with Gasteiger partial charge in [0.15, 0.2) is 5.82 Å². The molecular weight excluding hydrogens is 330 g/mol. The minimum atomic E-state index is -4.85. The average molecular weight is 343 g/mol. The molecule has 0 spiro atoms. The van der Waals surface area contributed by atoms with E-state index in [1.165, 1.54) is 4.90 Å². The fraction of sp³-hybridized carbons (Fsp3) is 0.400. The van der Waals surface area contributed by atoms with Crippen LogP contribution in [0.4, 0.5) is 17.6 Å². The number of halogens is 4. The van der Waals surface area contributed by atoms with E-state index >= 15 is 0 Å². The van der Waals surface area contributed by atoms with Gasteiger partial charge in [-0.05, 0) is 25.5 Å². The molecule has 0 saturated carbocycles. The first kappa shape index (κ1) is 16.4. The van der Waals surface area contributed by atoms with Gasteiger partial charge < -0.3 is 9.42 Å². The SMILES string of the molecule is Cc1noc([C@@H]2CCN(C(=O)c3cccc(C(F)(F)F)c3F)C2)n1. The molecule has 1 aromatic carbocycles. The Kier molecular flexibility index (Phi) is 4.02. The van der Waals surface area contributed by atoms with Crippen LogP contribution in [-0.2, 0) is 6.18 Å². The molecule has 1 saturated heterocycles. The first-order valence-electron chi connectivity index (χ1n) is 7.22. The van der Waals surface area contributed by atoms with Gasteiger partial charge in [-0.3, -0.25) is 4.79 Å². The summed E-state index contributed by atoms with van der Waals surface area (Å²) >= 11 is 0. The summed E-state index contributed by atoms with van der Waals surface area (Å²) in [5.41, 5.74) is -2.04. The van der Waals surface area contributed by atoms with Gasteiger partial charge in [0, 0.05) is 13.1 Å². The molecule has 0 aliphatic carbocycles. The van der Waals surface area contributed by atoms with Crippen LogP contribution in [-0.4, -0.2) is 34.0 Å². The minimum absolute atomic E-state index is 0.191. The number of hydrogen-bond acceptors (Lipinski definition) is 4. The van der Waals surface area contributed by atoms with Gasteiger partial charge in [-0.15, -0.1) is 0 Å². The lowest BCUT2D eigenvalue weighted by atomic mass is 10.1. The zero-order chi connectivity index (χ0) is 17.5. The molecule has 1 aliphatic rings. The van der Waals surface area contributed by atoms with Crippen molar-refractivity contribution in [3.05, 3.63) is 46.9 Å². The van der Waals surface area contributed by atoms with Crippen LogP contribution >= 0.6 is 0 Å². The molecule has 1 aliphatic heterocycles. The number of carbonyl (C=O) groups excluding carboxylic acids is 1. The highest BCUT2D eigenvalue weighted by atomic mass is 19.4. The van der Waals surface area contributed by atoms with Crippen molar-refractivity contribution in [2.45, 2.75) is 25.4 Å². The van der Waals surface area contributed by atoms with Crippen molar-refractivity contribution in [2.24, 2.45) is 0 Å². The number of alkyl halides is 3. The molecule has 0 radical (unpaired) electrons. The zero-order valence-corrected chi connectivity index (χ0v) is 12.6. The van der Waals surface area contributed by atoms with E-state index in [0.29, 0.717) is 24.2 Å². The van der Waals surface area contributed by atoms with Crippen molar-refractivity contribution in [3.8, 4) is 0 Å². The van der Waals surface area contributed by atoms with Gasteiger partial charge in [0.2, 0.25) is 5.89 Å². The second kappa shape index (κ2) is 5.88. The Labute approximate surface area is 134 Å². The summed E-state index contributed by atoms with van der Waals surface area (Å²) in [5.74, 6) is -1.71. The Morgan fingerprint density at radius 3 is 2.75 bits per heavy atom. The van der Waals surface area contributed by atoms with E-state index in [2.05, 4.69) is 10.1 Å².